The van der Waals surface area contributed by atoms with Gasteiger partial charge in [0.05, 0.1) is 6.61 Å². The molecule has 0 fully saturated rings. The normalized spacial score (nSPS) is 10.7. The minimum Gasteiger partial charge on any atom is -0.487 e. The van der Waals surface area contributed by atoms with Gasteiger partial charge in [-0.05, 0) is 6.42 Å². The van der Waals surface area contributed by atoms with Gasteiger partial charge in [0.15, 0.2) is 0 Å². The summed E-state index contributed by atoms with van der Waals surface area (Å²) < 4.78 is 10.4. The van der Waals surface area contributed by atoms with Crippen LogP contribution in [0.2, 0.25) is 0 Å². The zero-order valence-corrected chi connectivity index (χ0v) is 12.4. The van der Waals surface area contributed by atoms with Crippen molar-refractivity contribution in [2.75, 3.05) is 6.61 Å². The average molecular weight is 282 g/mol. The summed E-state index contributed by atoms with van der Waals surface area (Å²) in [7, 11) is 0. The molecular formula is C16H26O4. The molecule has 0 aliphatic carbocycles. The first-order valence-electron chi connectivity index (χ1n) is 7.63. The van der Waals surface area contributed by atoms with Gasteiger partial charge in [0.1, 0.15) is 18.6 Å². The van der Waals surface area contributed by atoms with Gasteiger partial charge in [0.2, 0.25) is 11.2 Å². The predicted molar refractivity (Wildman–Crippen MR) is 79.0 cm³/mol. The van der Waals surface area contributed by atoms with Crippen LogP contribution in [0.25, 0.3) is 0 Å². The molecule has 0 saturated heterocycles. The van der Waals surface area contributed by atoms with Gasteiger partial charge < -0.3 is 14.3 Å². The first-order chi connectivity index (χ1) is 9.77. The van der Waals surface area contributed by atoms with Crippen molar-refractivity contribution in [3.05, 3.63) is 28.3 Å². The predicted octanol–water partition coefficient (Wildman–Crippen LogP) is 3.65. The van der Waals surface area contributed by atoms with Gasteiger partial charge in [-0.2, -0.15) is 0 Å². The van der Waals surface area contributed by atoms with Crippen molar-refractivity contribution in [2.24, 2.45) is 0 Å². The van der Waals surface area contributed by atoms with Crippen molar-refractivity contribution >= 4 is 0 Å². The third-order valence-corrected chi connectivity index (χ3v) is 3.26. The lowest BCUT2D eigenvalue weighted by atomic mass is 10.1. The molecule has 4 nitrogen and oxygen atoms in total. The van der Waals surface area contributed by atoms with Crippen LogP contribution in [-0.4, -0.2) is 11.7 Å². The Morgan fingerprint density at radius 3 is 2.35 bits per heavy atom. The van der Waals surface area contributed by atoms with E-state index in [-0.39, 0.29) is 23.5 Å². The molecule has 114 valence electrons. The quantitative estimate of drug-likeness (QED) is 0.629. The average Bonchev–Trinajstić information content (AvgIpc) is 2.47. The number of hydrogen-bond acceptors (Lipinski definition) is 4. The molecule has 0 bridgehead atoms. The second-order valence-corrected chi connectivity index (χ2v) is 5.06. The van der Waals surface area contributed by atoms with Gasteiger partial charge in [0.25, 0.3) is 0 Å². The molecule has 1 heterocycles. The molecule has 1 aromatic rings. The third kappa shape index (κ3) is 6.75. The molecule has 0 radical (unpaired) electrons. The molecule has 20 heavy (non-hydrogen) atoms. The zero-order valence-electron chi connectivity index (χ0n) is 12.4. The highest BCUT2D eigenvalue weighted by Crippen LogP contribution is 2.10. The second-order valence-electron chi connectivity index (χ2n) is 5.06. The van der Waals surface area contributed by atoms with Gasteiger partial charge in [-0.3, -0.25) is 4.79 Å². The van der Waals surface area contributed by atoms with E-state index in [1.165, 1.54) is 50.9 Å². The van der Waals surface area contributed by atoms with Gasteiger partial charge in [-0.25, -0.2) is 0 Å². The Kier molecular flexibility index (Phi) is 8.79. The molecule has 0 aliphatic heterocycles. The molecule has 0 unspecified atom stereocenters. The Morgan fingerprint density at radius 1 is 1.10 bits per heavy atom. The van der Waals surface area contributed by atoms with Crippen molar-refractivity contribution in [3.8, 4) is 5.75 Å². The Hall–Kier alpha value is -1.29. The first kappa shape index (κ1) is 16.8. The fourth-order valence-corrected chi connectivity index (χ4v) is 2.04. The SMILES string of the molecule is CCCCCCCCCCOc1coc(CO)cc1=O. The molecule has 1 N–H and O–H groups in total. The van der Waals surface area contributed by atoms with Crippen LogP contribution in [0, 0.1) is 0 Å². The highest BCUT2D eigenvalue weighted by atomic mass is 16.5. The molecule has 0 aromatic carbocycles. The summed E-state index contributed by atoms with van der Waals surface area (Å²) in [6.07, 6.45) is 11.2. The van der Waals surface area contributed by atoms with Gasteiger partial charge in [-0.15, -0.1) is 0 Å². The summed E-state index contributed by atoms with van der Waals surface area (Å²) in [4.78, 5) is 11.6. The summed E-state index contributed by atoms with van der Waals surface area (Å²) in [6.45, 7) is 2.49. The minimum absolute atomic E-state index is 0.227. The minimum atomic E-state index is -0.270. The standard InChI is InChI=1S/C16H26O4/c1-2-3-4-5-6-7-8-9-10-19-16-13-20-14(12-17)11-15(16)18/h11,13,17H,2-10,12H2,1H3. The second kappa shape index (κ2) is 10.5. The van der Waals surface area contributed by atoms with Crippen LogP contribution in [-0.2, 0) is 6.61 Å². The van der Waals surface area contributed by atoms with E-state index in [0.717, 1.165) is 12.8 Å². The molecule has 1 rings (SSSR count). The number of aliphatic hydroxyl groups excluding tert-OH is 1. The van der Waals surface area contributed by atoms with E-state index in [0.29, 0.717) is 6.61 Å². The van der Waals surface area contributed by atoms with E-state index in [1.807, 2.05) is 0 Å². The number of ether oxygens (including phenoxy) is 1. The van der Waals surface area contributed by atoms with Crippen LogP contribution in [0.1, 0.15) is 64.1 Å². The monoisotopic (exact) mass is 282 g/mol. The van der Waals surface area contributed by atoms with E-state index in [2.05, 4.69) is 6.92 Å². The maximum Gasteiger partial charge on any atom is 0.227 e. The Balaban J connectivity index is 2.08. The van der Waals surface area contributed by atoms with Gasteiger partial charge in [-0.1, -0.05) is 51.9 Å². The van der Waals surface area contributed by atoms with Crippen LogP contribution in [0.5, 0.6) is 5.75 Å². The van der Waals surface area contributed by atoms with E-state index in [1.54, 1.807) is 0 Å². The van der Waals surface area contributed by atoms with Crippen LogP contribution in [0.3, 0.4) is 0 Å². The van der Waals surface area contributed by atoms with E-state index < -0.39 is 0 Å². The van der Waals surface area contributed by atoms with Gasteiger partial charge >= 0.3 is 0 Å². The van der Waals surface area contributed by atoms with Gasteiger partial charge in [0, 0.05) is 6.07 Å². The number of aliphatic hydroxyl groups is 1. The fraction of sp³-hybridized carbons (Fsp3) is 0.688. The zero-order chi connectivity index (χ0) is 14.6. The lowest BCUT2D eigenvalue weighted by Crippen LogP contribution is -2.09. The number of hydrogen-bond donors (Lipinski definition) is 1. The molecule has 0 spiro atoms. The van der Waals surface area contributed by atoms with Crippen molar-refractivity contribution in [2.45, 2.75) is 64.9 Å². The molecule has 0 aliphatic rings. The summed E-state index contributed by atoms with van der Waals surface area (Å²) in [5.41, 5.74) is -0.236. The summed E-state index contributed by atoms with van der Waals surface area (Å²) >= 11 is 0. The topological polar surface area (TPSA) is 59.7 Å². The van der Waals surface area contributed by atoms with Crippen LogP contribution < -0.4 is 10.2 Å². The summed E-state index contributed by atoms with van der Waals surface area (Å²) in [5.74, 6) is 0.486. The van der Waals surface area contributed by atoms with E-state index in [4.69, 9.17) is 14.3 Å². The number of unbranched alkanes of at least 4 members (excludes halogenated alkanes) is 7. The molecule has 0 amide bonds. The third-order valence-electron chi connectivity index (χ3n) is 3.26. The highest BCUT2D eigenvalue weighted by Gasteiger charge is 2.03. The molecule has 0 atom stereocenters. The number of rotatable bonds is 11. The molecule has 0 saturated carbocycles. The van der Waals surface area contributed by atoms with Crippen molar-refractivity contribution in [3.63, 3.8) is 0 Å². The van der Waals surface area contributed by atoms with Crippen LogP contribution in [0.4, 0.5) is 0 Å². The Labute approximate surface area is 120 Å². The van der Waals surface area contributed by atoms with E-state index in [9.17, 15) is 4.79 Å². The highest BCUT2D eigenvalue weighted by molar-refractivity contribution is 5.17. The van der Waals surface area contributed by atoms with Crippen LogP contribution >= 0.6 is 0 Å². The van der Waals surface area contributed by atoms with Crippen molar-refractivity contribution < 1.29 is 14.3 Å². The molecular weight excluding hydrogens is 256 g/mol. The van der Waals surface area contributed by atoms with Crippen molar-refractivity contribution in [1.29, 1.82) is 0 Å². The molecule has 4 heteroatoms. The maximum absolute atomic E-state index is 11.6. The largest absolute Gasteiger partial charge is 0.487 e. The molecule has 1 aromatic heterocycles. The fourth-order valence-electron chi connectivity index (χ4n) is 2.04. The lowest BCUT2D eigenvalue weighted by Gasteiger charge is -2.05. The van der Waals surface area contributed by atoms with Crippen LogP contribution in [0.15, 0.2) is 21.5 Å². The Morgan fingerprint density at radius 2 is 1.75 bits per heavy atom. The first-order valence-corrected chi connectivity index (χ1v) is 7.63. The summed E-state index contributed by atoms with van der Waals surface area (Å²) in [5, 5.41) is 8.83. The Bertz CT molecular complexity index is 411. The van der Waals surface area contributed by atoms with E-state index >= 15 is 0 Å². The summed E-state index contributed by atoms with van der Waals surface area (Å²) in [6, 6.07) is 1.27. The van der Waals surface area contributed by atoms with Crippen molar-refractivity contribution in [1.82, 2.24) is 0 Å². The smallest absolute Gasteiger partial charge is 0.227 e. The lowest BCUT2D eigenvalue weighted by molar-refractivity contribution is 0.236. The maximum atomic E-state index is 11.6.